The van der Waals surface area contributed by atoms with E-state index in [0.717, 1.165) is 18.4 Å². The van der Waals surface area contributed by atoms with Crippen molar-refractivity contribution in [2.75, 3.05) is 6.61 Å². The molecule has 0 spiro atoms. The first-order valence-electron chi connectivity index (χ1n) is 8.60. The van der Waals surface area contributed by atoms with E-state index < -0.39 is 5.97 Å². The minimum absolute atomic E-state index is 0.221. The van der Waals surface area contributed by atoms with E-state index in [1.54, 1.807) is 6.92 Å². The van der Waals surface area contributed by atoms with Gasteiger partial charge in [-0.15, -0.1) is 0 Å². The molecular formula is C20H28O3. The zero-order valence-corrected chi connectivity index (χ0v) is 14.3. The first-order chi connectivity index (χ1) is 11.3. The Morgan fingerprint density at radius 1 is 1.09 bits per heavy atom. The molecule has 0 fully saturated rings. The molecule has 0 saturated carbocycles. The van der Waals surface area contributed by atoms with Crippen LogP contribution >= 0.6 is 0 Å². The molecule has 0 amide bonds. The Bertz CT molecular complexity index is 485. The number of hydrogen-bond acceptors (Lipinski definition) is 3. The molecule has 1 aromatic rings. The van der Waals surface area contributed by atoms with E-state index in [9.17, 15) is 4.79 Å². The first-order valence-corrected chi connectivity index (χ1v) is 8.60. The monoisotopic (exact) mass is 316 g/mol. The molecule has 0 saturated heterocycles. The molecule has 23 heavy (non-hydrogen) atoms. The summed E-state index contributed by atoms with van der Waals surface area (Å²) >= 11 is 0. The third kappa shape index (κ3) is 9.76. The van der Waals surface area contributed by atoms with E-state index in [2.05, 4.69) is 18.8 Å². The van der Waals surface area contributed by atoms with Gasteiger partial charge >= 0.3 is 5.97 Å². The molecule has 126 valence electrons. The van der Waals surface area contributed by atoms with Gasteiger partial charge in [-0.1, -0.05) is 68.9 Å². The Labute approximate surface area is 140 Å². The predicted molar refractivity (Wildman–Crippen MR) is 92.8 cm³/mol. The number of hydrogen-bond donors (Lipinski definition) is 0. The van der Waals surface area contributed by atoms with E-state index in [1.165, 1.54) is 25.7 Å². The normalized spacial score (nSPS) is 11.4. The molecule has 1 atom stereocenters. The maximum Gasteiger partial charge on any atom is 0.384 e. The van der Waals surface area contributed by atoms with Crippen LogP contribution < -0.4 is 0 Å². The topological polar surface area (TPSA) is 35.5 Å². The van der Waals surface area contributed by atoms with Gasteiger partial charge in [0, 0.05) is 5.92 Å². The van der Waals surface area contributed by atoms with Gasteiger partial charge in [0.25, 0.3) is 0 Å². The lowest BCUT2D eigenvalue weighted by Gasteiger charge is -2.12. The van der Waals surface area contributed by atoms with Crippen LogP contribution in [0.15, 0.2) is 30.3 Å². The number of benzene rings is 1. The molecule has 0 aliphatic rings. The van der Waals surface area contributed by atoms with Crippen molar-refractivity contribution in [3.05, 3.63) is 35.9 Å². The summed E-state index contributed by atoms with van der Waals surface area (Å²) in [5.41, 5.74) is 1.11. The van der Waals surface area contributed by atoms with E-state index in [1.807, 2.05) is 30.3 Å². The highest BCUT2D eigenvalue weighted by Gasteiger charge is 2.07. The fraction of sp³-hybridized carbons (Fsp3) is 0.550. The highest BCUT2D eigenvalue weighted by atomic mass is 16.5. The first kappa shape index (κ1) is 19.3. The van der Waals surface area contributed by atoms with Crippen molar-refractivity contribution in [1.29, 1.82) is 0 Å². The van der Waals surface area contributed by atoms with Crippen LogP contribution in [-0.2, 0) is 20.9 Å². The smallest absolute Gasteiger partial charge is 0.384 e. The van der Waals surface area contributed by atoms with Gasteiger partial charge in [0.15, 0.2) is 0 Å². The van der Waals surface area contributed by atoms with Crippen LogP contribution in [0.5, 0.6) is 0 Å². The summed E-state index contributed by atoms with van der Waals surface area (Å²) in [5, 5.41) is 0. The van der Waals surface area contributed by atoms with E-state index in [4.69, 9.17) is 9.47 Å². The molecule has 0 aliphatic carbocycles. The minimum atomic E-state index is -0.480. The third-order valence-corrected chi connectivity index (χ3v) is 3.47. The fourth-order valence-electron chi connectivity index (χ4n) is 2.21. The summed E-state index contributed by atoms with van der Waals surface area (Å²) < 4.78 is 10.7. The van der Waals surface area contributed by atoms with Gasteiger partial charge in [0.1, 0.15) is 6.10 Å². The summed E-state index contributed by atoms with van der Waals surface area (Å²) in [7, 11) is 0. The molecule has 0 N–H and O–H groups in total. The van der Waals surface area contributed by atoms with Gasteiger partial charge in [0.05, 0.1) is 13.2 Å². The summed E-state index contributed by atoms with van der Waals surface area (Å²) in [6.45, 7) is 4.84. The Kier molecular flexibility index (Phi) is 10.7. The minimum Gasteiger partial charge on any atom is -0.456 e. The number of carbonyl (C=O) groups is 1. The van der Waals surface area contributed by atoms with E-state index in [-0.39, 0.29) is 6.10 Å². The molecule has 1 aromatic carbocycles. The van der Waals surface area contributed by atoms with Crippen molar-refractivity contribution >= 4 is 5.97 Å². The average Bonchev–Trinajstić information content (AvgIpc) is 2.57. The van der Waals surface area contributed by atoms with Crippen molar-refractivity contribution in [1.82, 2.24) is 0 Å². The van der Waals surface area contributed by atoms with Gasteiger partial charge < -0.3 is 9.47 Å². The zero-order valence-electron chi connectivity index (χ0n) is 14.3. The summed E-state index contributed by atoms with van der Waals surface area (Å²) in [6.07, 6.45) is 6.62. The standard InChI is InChI=1S/C20H28O3/c1-3-5-6-7-11-14-19(15-16-20(21)22-4-2)23-17-18-12-9-8-10-13-18/h8-10,12-13,19H,3-7,11,14,17H2,1-2H3/t19-/m0/s1. The Morgan fingerprint density at radius 2 is 1.83 bits per heavy atom. The molecule has 0 unspecified atom stereocenters. The lowest BCUT2D eigenvalue weighted by Crippen LogP contribution is -2.12. The summed E-state index contributed by atoms with van der Waals surface area (Å²) in [4.78, 5) is 11.4. The van der Waals surface area contributed by atoms with Gasteiger partial charge in [-0.3, -0.25) is 0 Å². The van der Waals surface area contributed by atoms with E-state index >= 15 is 0 Å². The Hall–Kier alpha value is -1.79. The maximum absolute atomic E-state index is 11.4. The molecule has 0 bridgehead atoms. The lowest BCUT2D eigenvalue weighted by molar-refractivity contribution is -0.136. The second-order valence-corrected chi connectivity index (χ2v) is 5.48. The van der Waals surface area contributed by atoms with Gasteiger partial charge in [0.2, 0.25) is 0 Å². The number of esters is 1. The molecule has 0 aliphatic heterocycles. The predicted octanol–water partition coefficient (Wildman–Crippen LogP) is 4.50. The molecule has 0 aromatic heterocycles. The maximum atomic E-state index is 11.4. The van der Waals surface area contributed by atoms with Crippen LogP contribution in [0.1, 0.15) is 57.9 Å². The molecule has 3 heteroatoms. The largest absolute Gasteiger partial charge is 0.456 e. The van der Waals surface area contributed by atoms with Crippen LogP contribution in [-0.4, -0.2) is 18.7 Å². The van der Waals surface area contributed by atoms with Gasteiger partial charge in [-0.25, -0.2) is 4.79 Å². The second-order valence-electron chi connectivity index (χ2n) is 5.48. The zero-order chi connectivity index (χ0) is 16.8. The van der Waals surface area contributed by atoms with Crippen LogP contribution in [0, 0.1) is 11.8 Å². The van der Waals surface area contributed by atoms with E-state index in [0.29, 0.717) is 13.2 Å². The quantitative estimate of drug-likeness (QED) is 0.276. The SMILES string of the molecule is CCCCCCC[C@@H](C#CC(=O)OCC)OCc1ccccc1. The molecule has 0 heterocycles. The van der Waals surface area contributed by atoms with Crippen LogP contribution in [0.4, 0.5) is 0 Å². The van der Waals surface area contributed by atoms with Crippen molar-refractivity contribution in [2.24, 2.45) is 0 Å². The molecule has 3 nitrogen and oxygen atoms in total. The number of unbranched alkanes of at least 4 members (excludes halogenated alkanes) is 4. The third-order valence-electron chi connectivity index (χ3n) is 3.47. The van der Waals surface area contributed by atoms with Crippen LogP contribution in [0.25, 0.3) is 0 Å². The fourth-order valence-corrected chi connectivity index (χ4v) is 2.21. The number of rotatable bonds is 10. The lowest BCUT2D eigenvalue weighted by atomic mass is 10.1. The summed E-state index contributed by atoms with van der Waals surface area (Å²) in [6, 6.07) is 10.0. The number of ether oxygens (including phenoxy) is 2. The summed E-state index contributed by atoms with van der Waals surface area (Å²) in [5.74, 6) is 4.97. The Balaban J connectivity index is 2.48. The van der Waals surface area contributed by atoms with Crippen molar-refractivity contribution in [3.63, 3.8) is 0 Å². The van der Waals surface area contributed by atoms with Crippen molar-refractivity contribution < 1.29 is 14.3 Å². The van der Waals surface area contributed by atoms with Gasteiger partial charge in [-0.05, 0) is 25.3 Å². The van der Waals surface area contributed by atoms with Gasteiger partial charge in [-0.2, -0.15) is 0 Å². The molecule has 1 rings (SSSR count). The van der Waals surface area contributed by atoms with Crippen LogP contribution in [0.2, 0.25) is 0 Å². The van der Waals surface area contributed by atoms with Crippen LogP contribution in [0.3, 0.4) is 0 Å². The van der Waals surface area contributed by atoms with Crippen molar-refractivity contribution in [3.8, 4) is 11.8 Å². The van der Waals surface area contributed by atoms with Crippen molar-refractivity contribution in [2.45, 2.75) is 65.1 Å². The molecule has 0 radical (unpaired) electrons. The highest BCUT2D eigenvalue weighted by Crippen LogP contribution is 2.11. The second kappa shape index (κ2) is 12.7. The highest BCUT2D eigenvalue weighted by molar-refractivity contribution is 5.88. The average molecular weight is 316 g/mol. The molecular weight excluding hydrogens is 288 g/mol. The Morgan fingerprint density at radius 3 is 2.52 bits per heavy atom. The number of carbonyl (C=O) groups excluding carboxylic acids is 1.